The van der Waals surface area contributed by atoms with Crippen LogP contribution in [0.3, 0.4) is 0 Å². The Hall–Kier alpha value is -0.0800. The fourth-order valence-corrected chi connectivity index (χ4v) is 2.25. The van der Waals surface area contributed by atoms with Crippen molar-refractivity contribution < 1.29 is 0 Å². The number of nitrogens with zero attached hydrogens (tertiary/aromatic N) is 1. The van der Waals surface area contributed by atoms with Gasteiger partial charge in [-0.05, 0) is 39.3 Å². The molecule has 0 radical (unpaired) electrons. The summed E-state index contributed by atoms with van der Waals surface area (Å²) in [7, 11) is 0. The molecule has 1 saturated heterocycles. The number of rotatable bonds is 4. The van der Waals surface area contributed by atoms with E-state index in [9.17, 15) is 0 Å². The number of piperidine rings is 1. The van der Waals surface area contributed by atoms with E-state index in [1.165, 1.54) is 45.2 Å². The second kappa shape index (κ2) is 5.61. The van der Waals surface area contributed by atoms with Crippen molar-refractivity contribution in [2.24, 2.45) is 5.73 Å². The molecule has 0 aromatic carbocycles. The molecule has 2 N–H and O–H groups in total. The monoisotopic (exact) mass is 184 g/mol. The summed E-state index contributed by atoms with van der Waals surface area (Å²) < 4.78 is 0. The fourth-order valence-electron chi connectivity index (χ4n) is 2.25. The minimum absolute atomic E-state index is 0.345. The Morgan fingerprint density at radius 2 is 2.23 bits per heavy atom. The lowest BCUT2D eigenvalue weighted by Gasteiger charge is -2.38. The summed E-state index contributed by atoms with van der Waals surface area (Å²) in [6, 6.07) is 0.998. The number of likely N-dealkylation sites (tertiary alicyclic amines) is 1. The Labute approximate surface area is 82.5 Å². The normalized spacial score (nSPS) is 27.5. The maximum absolute atomic E-state index is 5.99. The van der Waals surface area contributed by atoms with E-state index < -0.39 is 0 Å². The smallest absolute Gasteiger partial charge is 0.0244 e. The van der Waals surface area contributed by atoms with Crippen LogP contribution in [0.15, 0.2) is 0 Å². The lowest BCUT2D eigenvalue weighted by Crippen LogP contribution is -2.49. The van der Waals surface area contributed by atoms with Crippen LogP contribution in [0.4, 0.5) is 0 Å². The highest BCUT2D eigenvalue weighted by atomic mass is 15.2. The molecule has 0 amide bonds. The van der Waals surface area contributed by atoms with Crippen molar-refractivity contribution in [2.45, 2.75) is 58.0 Å². The first-order valence-electron chi connectivity index (χ1n) is 5.75. The van der Waals surface area contributed by atoms with Gasteiger partial charge in [-0.2, -0.15) is 0 Å². The standard InChI is InChI=1S/C11H24N2/c1-3-4-8-13-9-6-5-7-11(13)10(2)12/h10-11H,3-9,12H2,1-2H3. The van der Waals surface area contributed by atoms with E-state index in [0.717, 1.165) is 0 Å². The highest BCUT2D eigenvalue weighted by molar-refractivity contribution is 4.82. The van der Waals surface area contributed by atoms with Crippen LogP contribution in [0.1, 0.15) is 46.0 Å². The summed E-state index contributed by atoms with van der Waals surface area (Å²) in [5, 5.41) is 0. The molecule has 0 bridgehead atoms. The third-order valence-corrected chi connectivity index (χ3v) is 3.07. The zero-order valence-corrected chi connectivity index (χ0v) is 9.13. The molecule has 0 aromatic rings. The van der Waals surface area contributed by atoms with Crippen LogP contribution >= 0.6 is 0 Å². The van der Waals surface area contributed by atoms with Crippen molar-refractivity contribution in [1.29, 1.82) is 0 Å². The van der Waals surface area contributed by atoms with Crippen molar-refractivity contribution in [3.63, 3.8) is 0 Å². The van der Waals surface area contributed by atoms with Gasteiger partial charge in [-0.3, -0.25) is 4.90 Å². The lowest BCUT2D eigenvalue weighted by atomic mass is 9.97. The van der Waals surface area contributed by atoms with Crippen molar-refractivity contribution >= 4 is 0 Å². The number of hydrogen-bond donors (Lipinski definition) is 1. The Balaban J connectivity index is 2.37. The van der Waals surface area contributed by atoms with E-state index in [2.05, 4.69) is 18.7 Å². The van der Waals surface area contributed by atoms with Crippen LogP contribution in [0.5, 0.6) is 0 Å². The number of hydrogen-bond acceptors (Lipinski definition) is 2. The van der Waals surface area contributed by atoms with Crippen LogP contribution in [-0.4, -0.2) is 30.1 Å². The predicted molar refractivity (Wildman–Crippen MR) is 57.8 cm³/mol. The number of nitrogens with two attached hydrogens (primary N) is 1. The first kappa shape index (κ1) is 11.0. The average molecular weight is 184 g/mol. The van der Waals surface area contributed by atoms with E-state index in [-0.39, 0.29) is 0 Å². The number of unbranched alkanes of at least 4 members (excludes halogenated alkanes) is 1. The fraction of sp³-hybridized carbons (Fsp3) is 1.00. The third kappa shape index (κ3) is 3.28. The summed E-state index contributed by atoms with van der Waals surface area (Å²) in [5.74, 6) is 0. The van der Waals surface area contributed by atoms with Crippen LogP contribution in [0.25, 0.3) is 0 Å². The molecule has 0 aromatic heterocycles. The first-order valence-corrected chi connectivity index (χ1v) is 5.75. The predicted octanol–water partition coefficient (Wildman–Crippen LogP) is 1.99. The average Bonchev–Trinajstić information content (AvgIpc) is 2.15. The van der Waals surface area contributed by atoms with Gasteiger partial charge in [0.15, 0.2) is 0 Å². The van der Waals surface area contributed by atoms with Crippen LogP contribution < -0.4 is 5.73 Å². The second-order valence-electron chi connectivity index (χ2n) is 4.31. The van der Waals surface area contributed by atoms with Gasteiger partial charge in [0.1, 0.15) is 0 Å². The highest BCUT2D eigenvalue weighted by Gasteiger charge is 2.24. The molecule has 2 unspecified atom stereocenters. The molecule has 78 valence electrons. The topological polar surface area (TPSA) is 29.3 Å². The molecule has 1 rings (SSSR count). The van der Waals surface area contributed by atoms with E-state index in [1.54, 1.807) is 0 Å². The minimum Gasteiger partial charge on any atom is -0.327 e. The molecule has 1 aliphatic rings. The molecule has 0 aliphatic carbocycles. The summed E-state index contributed by atoms with van der Waals surface area (Å²) in [5.41, 5.74) is 5.99. The molecule has 1 heterocycles. The summed E-state index contributed by atoms with van der Waals surface area (Å²) in [6.45, 7) is 6.93. The SMILES string of the molecule is CCCCN1CCCCC1C(C)N. The Morgan fingerprint density at radius 3 is 2.85 bits per heavy atom. The van der Waals surface area contributed by atoms with Gasteiger partial charge in [0, 0.05) is 12.1 Å². The molecule has 2 heteroatoms. The molecule has 2 nitrogen and oxygen atoms in total. The maximum atomic E-state index is 5.99. The van der Waals surface area contributed by atoms with Crippen molar-refractivity contribution in [1.82, 2.24) is 4.90 Å². The maximum Gasteiger partial charge on any atom is 0.0244 e. The minimum atomic E-state index is 0.345. The molecule has 0 spiro atoms. The van der Waals surface area contributed by atoms with E-state index in [1.807, 2.05) is 0 Å². The quantitative estimate of drug-likeness (QED) is 0.724. The second-order valence-corrected chi connectivity index (χ2v) is 4.31. The van der Waals surface area contributed by atoms with Gasteiger partial charge in [-0.25, -0.2) is 0 Å². The van der Waals surface area contributed by atoms with Gasteiger partial charge in [0.25, 0.3) is 0 Å². The van der Waals surface area contributed by atoms with Crippen molar-refractivity contribution in [2.75, 3.05) is 13.1 Å². The Kier molecular flexibility index (Phi) is 4.74. The van der Waals surface area contributed by atoms with E-state index >= 15 is 0 Å². The third-order valence-electron chi connectivity index (χ3n) is 3.07. The van der Waals surface area contributed by atoms with Crippen LogP contribution in [0.2, 0.25) is 0 Å². The zero-order valence-electron chi connectivity index (χ0n) is 9.13. The zero-order chi connectivity index (χ0) is 9.68. The van der Waals surface area contributed by atoms with Gasteiger partial charge in [-0.15, -0.1) is 0 Å². The molecule has 1 fully saturated rings. The first-order chi connectivity index (χ1) is 6.25. The lowest BCUT2D eigenvalue weighted by molar-refractivity contribution is 0.129. The Morgan fingerprint density at radius 1 is 1.46 bits per heavy atom. The van der Waals surface area contributed by atoms with E-state index in [4.69, 9.17) is 5.73 Å². The van der Waals surface area contributed by atoms with Gasteiger partial charge in [0.2, 0.25) is 0 Å². The molecule has 1 aliphatic heterocycles. The van der Waals surface area contributed by atoms with Gasteiger partial charge < -0.3 is 5.73 Å². The molecular weight excluding hydrogens is 160 g/mol. The van der Waals surface area contributed by atoms with Crippen LogP contribution in [0, 0.1) is 0 Å². The molecule has 0 saturated carbocycles. The molecular formula is C11H24N2. The van der Waals surface area contributed by atoms with Crippen molar-refractivity contribution in [3.05, 3.63) is 0 Å². The largest absolute Gasteiger partial charge is 0.327 e. The van der Waals surface area contributed by atoms with E-state index in [0.29, 0.717) is 12.1 Å². The van der Waals surface area contributed by atoms with Gasteiger partial charge >= 0.3 is 0 Å². The molecule has 2 atom stereocenters. The van der Waals surface area contributed by atoms with Crippen LogP contribution in [-0.2, 0) is 0 Å². The highest BCUT2D eigenvalue weighted by Crippen LogP contribution is 2.19. The molecule has 13 heavy (non-hydrogen) atoms. The summed E-state index contributed by atoms with van der Waals surface area (Å²) in [4.78, 5) is 2.59. The van der Waals surface area contributed by atoms with Crippen molar-refractivity contribution in [3.8, 4) is 0 Å². The Bertz CT molecular complexity index is 134. The summed E-state index contributed by atoms with van der Waals surface area (Å²) >= 11 is 0. The van der Waals surface area contributed by atoms with Gasteiger partial charge in [0.05, 0.1) is 0 Å². The van der Waals surface area contributed by atoms with Gasteiger partial charge in [-0.1, -0.05) is 19.8 Å². The summed E-state index contributed by atoms with van der Waals surface area (Å²) in [6.07, 6.45) is 6.66.